The molecule has 0 aromatic heterocycles. The number of carbonyl (C=O) groups is 2. The summed E-state index contributed by atoms with van der Waals surface area (Å²) >= 11 is 0. The van der Waals surface area contributed by atoms with E-state index >= 15 is 0 Å². The number of rotatable bonds is 19. The van der Waals surface area contributed by atoms with Crippen LogP contribution in [0, 0.1) is 0 Å². The number of Topliss-reactive ketones (excluding diaryl/α,β-unsaturated/α-hetero) is 1. The van der Waals surface area contributed by atoms with Gasteiger partial charge in [0, 0.05) is 13.0 Å². The first-order valence-corrected chi connectivity index (χ1v) is 10.2. The summed E-state index contributed by atoms with van der Waals surface area (Å²) in [5, 5.41) is 12.8. The fourth-order valence-corrected chi connectivity index (χ4v) is 2.79. The number of aliphatic carboxylic acids is 1. The minimum Gasteiger partial charge on any atom is -0.549 e. The second-order valence-corrected chi connectivity index (χ2v) is 6.85. The Balaban J connectivity index is 0. The van der Waals surface area contributed by atoms with Gasteiger partial charge in [0.05, 0.1) is 12.5 Å². The fraction of sp³-hybridized carbons (Fsp3) is 0.810. The van der Waals surface area contributed by atoms with Gasteiger partial charge >= 0.3 is 51.4 Å². The van der Waals surface area contributed by atoms with Crippen LogP contribution in [0.4, 0.5) is 0 Å². The summed E-state index contributed by atoms with van der Waals surface area (Å²) in [6, 6.07) is 0. The van der Waals surface area contributed by atoms with E-state index in [1.807, 2.05) is 0 Å². The molecule has 0 aliphatic carbocycles. The molecule has 0 rings (SSSR count). The standard InChI is InChI=1S/C21H39NO3.K/c1-2-3-4-5-6-7-8-9-10-11-12-13-14-15-16-17-20(23)18-22-19-21(24)25;/h9-10,22H,2-8,11-19H2,1H3,(H,24,25);/q;+1/p-1/b10-9-;. The van der Waals surface area contributed by atoms with Crippen LogP contribution < -0.4 is 61.8 Å². The van der Waals surface area contributed by atoms with Crippen LogP contribution >= 0.6 is 0 Å². The zero-order valence-electron chi connectivity index (χ0n) is 17.2. The summed E-state index contributed by atoms with van der Waals surface area (Å²) in [5.74, 6) is -1.09. The van der Waals surface area contributed by atoms with Gasteiger partial charge in [-0.05, 0) is 32.1 Å². The predicted octanol–water partition coefficient (Wildman–Crippen LogP) is 0.937. The van der Waals surface area contributed by atoms with Gasteiger partial charge in [-0.2, -0.15) is 0 Å². The van der Waals surface area contributed by atoms with Crippen molar-refractivity contribution in [3.63, 3.8) is 0 Å². The van der Waals surface area contributed by atoms with E-state index < -0.39 is 5.97 Å². The van der Waals surface area contributed by atoms with Gasteiger partial charge in [-0.25, -0.2) is 0 Å². The van der Waals surface area contributed by atoms with E-state index in [2.05, 4.69) is 24.4 Å². The van der Waals surface area contributed by atoms with Gasteiger partial charge in [0.2, 0.25) is 0 Å². The van der Waals surface area contributed by atoms with Crippen molar-refractivity contribution in [3.8, 4) is 0 Å². The molecule has 0 bridgehead atoms. The monoisotopic (exact) mass is 391 g/mol. The van der Waals surface area contributed by atoms with Crippen LogP contribution in [0.25, 0.3) is 0 Å². The fourth-order valence-electron chi connectivity index (χ4n) is 2.79. The van der Waals surface area contributed by atoms with E-state index in [0.29, 0.717) is 6.42 Å². The number of carboxylic acids is 1. The van der Waals surface area contributed by atoms with E-state index in [1.54, 1.807) is 0 Å². The molecular formula is C21H38KNO3. The van der Waals surface area contributed by atoms with Crippen molar-refractivity contribution in [1.29, 1.82) is 0 Å². The molecule has 0 unspecified atom stereocenters. The molecule has 0 aromatic carbocycles. The van der Waals surface area contributed by atoms with Gasteiger partial charge in [0.25, 0.3) is 0 Å². The van der Waals surface area contributed by atoms with Crippen LogP contribution in [0.2, 0.25) is 0 Å². The molecule has 0 amide bonds. The van der Waals surface area contributed by atoms with Crippen LogP contribution in [0.15, 0.2) is 12.2 Å². The SMILES string of the molecule is CCCCCCCC/C=C\CCCCCCCC(=O)CNCC(=O)[O-].[K+]. The molecule has 0 aliphatic rings. The number of allylic oxidation sites excluding steroid dienone is 2. The molecule has 0 aliphatic heterocycles. The smallest absolute Gasteiger partial charge is 0.549 e. The van der Waals surface area contributed by atoms with E-state index in [0.717, 1.165) is 12.8 Å². The van der Waals surface area contributed by atoms with Crippen LogP contribution in [0.3, 0.4) is 0 Å². The summed E-state index contributed by atoms with van der Waals surface area (Å²) in [6.07, 6.45) is 21.3. The molecule has 5 heteroatoms. The topological polar surface area (TPSA) is 69.2 Å². The Morgan fingerprint density at radius 3 is 1.81 bits per heavy atom. The van der Waals surface area contributed by atoms with Crippen molar-refractivity contribution in [3.05, 3.63) is 12.2 Å². The van der Waals surface area contributed by atoms with Gasteiger partial charge in [-0.1, -0.05) is 70.4 Å². The molecular weight excluding hydrogens is 353 g/mol. The van der Waals surface area contributed by atoms with Crippen molar-refractivity contribution in [2.24, 2.45) is 0 Å². The van der Waals surface area contributed by atoms with Gasteiger partial charge < -0.3 is 15.2 Å². The maximum atomic E-state index is 11.5. The van der Waals surface area contributed by atoms with Crippen molar-refractivity contribution in [2.75, 3.05) is 13.1 Å². The number of carboxylic acid groups (broad SMARTS) is 1. The molecule has 0 saturated carbocycles. The molecule has 0 radical (unpaired) electrons. The van der Waals surface area contributed by atoms with Crippen molar-refractivity contribution >= 4 is 11.8 Å². The van der Waals surface area contributed by atoms with Crippen LogP contribution in [-0.4, -0.2) is 24.8 Å². The van der Waals surface area contributed by atoms with Gasteiger partial charge in [-0.3, -0.25) is 4.79 Å². The largest absolute Gasteiger partial charge is 1.00 e. The van der Waals surface area contributed by atoms with Gasteiger partial charge in [-0.15, -0.1) is 0 Å². The molecule has 26 heavy (non-hydrogen) atoms. The Morgan fingerprint density at radius 2 is 1.27 bits per heavy atom. The maximum Gasteiger partial charge on any atom is 1.00 e. The third kappa shape index (κ3) is 24.5. The summed E-state index contributed by atoms with van der Waals surface area (Å²) in [6.45, 7) is 2.14. The number of unbranched alkanes of at least 4 members (excludes halogenated alkanes) is 11. The molecule has 0 fully saturated rings. The number of carbonyl (C=O) groups excluding carboxylic acids is 2. The Morgan fingerprint density at radius 1 is 0.769 bits per heavy atom. The zero-order chi connectivity index (χ0) is 18.6. The second kappa shape index (κ2) is 23.5. The van der Waals surface area contributed by atoms with Crippen molar-refractivity contribution < 1.29 is 66.1 Å². The van der Waals surface area contributed by atoms with Crippen molar-refractivity contribution in [2.45, 2.75) is 96.8 Å². The zero-order valence-corrected chi connectivity index (χ0v) is 20.3. The molecule has 0 spiro atoms. The van der Waals surface area contributed by atoms with E-state index in [9.17, 15) is 14.7 Å². The van der Waals surface area contributed by atoms with Crippen LogP contribution in [-0.2, 0) is 9.59 Å². The molecule has 1 N–H and O–H groups in total. The Hall–Kier alpha value is 0.476. The average molecular weight is 392 g/mol. The minimum atomic E-state index is -1.17. The minimum absolute atomic E-state index is 0. The van der Waals surface area contributed by atoms with Gasteiger partial charge in [0.15, 0.2) is 0 Å². The summed E-state index contributed by atoms with van der Waals surface area (Å²) in [7, 11) is 0. The number of hydrogen-bond acceptors (Lipinski definition) is 4. The first kappa shape index (κ1) is 28.7. The quantitative estimate of drug-likeness (QED) is 0.202. The summed E-state index contributed by atoms with van der Waals surface area (Å²) in [5.41, 5.74) is 0. The Kier molecular flexibility index (Phi) is 25.9. The van der Waals surface area contributed by atoms with E-state index in [1.165, 1.54) is 70.6 Å². The molecule has 0 saturated heterocycles. The summed E-state index contributed by atoms with van der Waals surface area (Å²) < 4.78 is 0. The van der Waals surface area contributed by atoms with E-state index in [4.69, 9.17) is 0 Å². The molecule has 0 atom stereocenters. The third-order valence-corrected chi connectivity index (χ3v) is 4.31. The average Bonchev–Trinajstić information content (AvgIpc) is 2.58. The van der Waals surface area contributed by atoms with Crippen LogP contribution in [0.5, 0.6) is 0 Å². The predicted molar refractivity (Wildman–Crippen MR) is 102 cm³/mol. The first-order chi connectivity index (χ1) is 12.2. The third-order valence-electron chi connectivity index (χ3n) is 4.31. The molecule has 146 valence electrons. The summed E-state index contributed by atoms with van der Waals surface area (Å²) in [4.78, 5) is 21.7. The Bertz CT molecular complexity index is 359. The number of nitrogens with one attached hydrogen (secondary N) is 1. The van der Waals surface area contributed by atoms with Gasteiger partial charge in [0.1, 0.15) is 5.78 Å². The number of hydrogen-bond donors (Lipinski definition) is 1. The molecule has 0 aromatic rings. The second-order valence-electron chi connectivity index (χ2n) is 6.85. The van der Waals surface area contributed by atoms with E-state index in [-0.39, 0.29) is 70.3 Å². The first-order valence-electron chi connectivity index (χ1n) is 10.2. The molecule has 4 nitrogen and oxygen atoms in total. The normalized spacial score (nSPS) is 10.8. The van der Waals surface area contributed by atoms with Crippen molar-refractivity contribution in [1.82, 2.24) is 5.32 Å². The van der Waals surface area contributed by atoms with Crippen LogP contribution in [0.1, 0.15) is 96.8 Å². The molecule has 0 heterocycles. The maximum absolute atomic E-state index is 11.5. The Labute approximate surface area is 203 Å². The number of ketones is 1.